The van der Waals surface area contributed by atoms with Crippen LogP contribution in [0, 0.1) is 0 Å². The van der Waals surface area contributed by atoms with E-state index in [4.69, 9.17) is 9.72 Å². The largest absolute Gasteiger partial charge is 0.378 e. The van der Waals surface area contributed by atoms with Crippen LogP contribution in [0.25, 0.3) is 11.0 Å². The molecule has 0 spiro atoms. The molecule has 2 atom stereocenters. The summed E-state index contributed by atoms with van der Waals surface area (Å²) >= 11 is 0. The number of amides is 1. The van der Waals surface area contributed by atoms with E-state index in [9.17, 15) is 4.79 Å². The monoisotopic (exact) mass is 329 g/mol. The molecule has 0 unspecified atom stereocenters. The molecule has 0 aliphatic carbocycles. The lowest BCUT2D eigenvalue weighted by Gasteiger charge is -2.19. The van der Waals surface area contributed by atoms with Gasteiger partial charge in [-0.15, -0.1) is 0 Å². The molecule has 0 radical (unpaired) electrons. The summed E-state index contributed by atoms with van der Waals surface area (Å²) in [5.41, 5.74) is 2.09. The van der Waals surface area contributed by atoms with Gasteiger partial charge in [0.15, 0.2) is 0 Å². The van der Waals surface area contributed by atoms with E-state index in [1.165, 1.54) is 0 Å². The zero-order chi connectivity index (χ0) is 17.1. The molecule has 1 fully saturated rings. The van der Waals surface area contributed by atoms with Crippen molar-refractivity contribution in [2.75, 3.05) is 6.61 Å². The molecular weight excluding hydrogens is 302 g/mol. The first-order valence-corrected chi connectivity index (χ1v) is 8.94. The summed E-state index contributed by atoms with van der Waals surface area (Å²) in [6.45, 7) is 7.12. The van der Waals surface area contributed by atoms with E-state index in [2.05, 4.69) is 29.8 Å². The predicted octanol–water partition coefficient (Wildman–Crippen LogP) is 3.75. The Bertz CT molecular complexity index is 702. The Balaban J connectivity index is 1.69. The number of imidazole rings is 1. The van der Waals surface area contributed by atoms with Gasteiger partial charge in [0.2, 0.25) is 5.91 Å². The van der Waals surface area contributed by atoms with E-state index >= 15 is 0 Å². The number of ether oxygens (including phenoxy) is 1. The molecular formula is C19H27N3O2. The van der Waals surface area contributed by atoms with Gasteiger partial charge in [-0.2, -0.15) is 0 Å². The lowest BCUT2D eigenvalue weighted by molar-refractivity contribution is -0.122. The predicted molar refractivity (Wildman–Crippen MR) is 94.9 cm³/mol. The van der Waals surface area contributed by atoms with E-state index < -0.39 is 0 Å². The molecule has 0 bridgehead atoms. The van der Waals surface area contributed by atoms with Crippen LogP contribution in [0.15, 0.2) is 24.3 Å². The molecule has 1 aliphatic heterocycles. The molecule has 5 heteroatoms. The van der Waals surface area contributed by atoms with Crippen LogP contribution in [0.2, 0.25) is 0 Å². The van der Waals surface area contributed by atoms with Gasteiger partial charge in [0, 0.05) is 19.1 Å². The number of carbonyl (C=O) groups excluding carboxylic acids is 1. The number of fused-ring (bicyclic) bond motifs is 1. The van der Waals surface area contributed by atoms with Gasteiger partial charge in [0.05, 0.1) is 23.2 Å². The SMILES string of the molecule is CC(C)n1c([C@H](C)NC(=O)CC[C@H]2CCCO2)nc2ccccc21. The smallest absolute Gasteiger partial charge is 0.220 e. The van der Waals surface area contributed by atoms with Crippen molar-refractivity contribution in [3.8, 4) is 0 Å². The highest BCUT2D eigenvalue weighted by molar-refractivity contribution is 5.78. The Morgan fingerprint density at radius 3 is 2.88 bits per heavy atom. The molecule has 1 aromatic heterocycles. The molecule has 1 saturated heterocycles. The highest BCUT2D eigenvalue weighted by atomic mass is 16.5. The van der Waals surface area contributed by atoms with Crippen LogP contribution in [-0.4, -0.2) is 28.2 Å². The standard InChI is InChI=1S/C19H27N3O2/c1-13(2)22-17-9-5-4-8-16(17)21-19(22)14(3)20-18(23)11-10-15-7-6-12-24-15/h4-5,8-9,13-15H,6-7,10-12H2,1-3H3,(H,20,23)/t14-,15+/m0/s1. The summed E-state index contributed by atoms with van der Waals surface area (Å²) in [6, 6.07) is 8.30. The summed E-state index contributed by atoms with van der Waals surface area (Å²) in [5, 5.41) is 3.10. The minimum Gasteiger partial charge on any atom is -0.378 e. The van der Waals surface area contributed by atoms with Gasteiger partial charge in [0.25, 0.3) is 0 Å². The Morgan fingerprint density at radius 1 is 1.38 bits per heavy atom. The van der Waals surface area contributed by atoms with Crippen LogP contribution in [-0.2, 0) is 9.53 Å². The maximum absolute atomic E-state index is 12.3. The van der Waals surface area contributed by atoms with Crippen molar-refractivity contribution in [1.82, 2.24) is 14.9 Å². The number of benzene rings is 1. The van der Waals surface area contributed by atoms with Gasteiger partial charge in [0.1, 0.15) is 5.82 Å². The van der Waals surface area contributed by atoms with E-state index in [1.807, 2.05) is 25.1 Å². The molecule has 1 amide bonds. The van der Waals surface area contributed by atoms with Crippen LogP contribution >= 0.6 is 0 Å². The molecule has 2 aromatic rings. The minimum atomic E-state index is -0.114. The maximum atomic E-state index is 12.3. The topological polar surface area (TPSA) is 56.2 Å². The first-order chi connectivity index (χ1) is 11.6. The van der Waals surface area contributed by atoms with E-state index in [0.29, 0.717) is 12.5 Å². The number of hydrogen-bond acceptors (Lipinski definition) is 3. The number of aromatic nitrogens is 2. The fourth-order valence-corrected chi connectivity index (χ4v) is 3.45. The summed E-state index contributed by atoms with van der Waals surface area (Å²) < 4.78 is 7.80. The number of rotatable bonds is 6. The Hall–Kier alpha value is -1.88. The van der Waals surface area contributed by atoms with Gasteiger partial charge in [-0.3, -0.25) is 4.79 Å². The number of hydrogen-bond donors (Lipinski definition) is 1. The third-order valence-electron chi connectivity index (χ3n) is 4.62. The van der Waals surface area contributed by atoms with Gasteiger partial charge >= 0.3 is 0 Å². The van der Waals surface area contributed by atoms with Crippen molar-refractivity contribution in [2.24, 2.45) is 0 Å². The molecule has 0 saturated carbocycles. The molecule has 24 heavy (non-hydrogen) atoms. The fourth-order valence-electron chi connectivity index (χ4n) is 3.45. The molecule has 5 nitrogen and oxygen atoms in total. The number of carbonyl (C=O) groups is 1. The van der Waals surface area contributed by atoms with Crippen molar-refractivity contribution in [1.29, 1.82) is 0 Å². The third kappa shape index (κ3) is 3.61. The van der Waals surface area contributed by atoms with Crippen molar-refractivity contribution >= 4 is 16.9 Å². The molecule has 130 valence electrons. The normalized spacial score (nSPS) is 19.1. The summed E-state index contributed by atoms with van der Waals surface area (Å²) in [4.78, 5) is 17.0. The zero-order valence-corrected chi connectivity index (χ0v) is 14.8. The quantitative estimate of drug-likeness (QED) is 0.878. The highest BCUT2D eigenvalue weighted by Crippen LogP contribution is 2.25. The average Bonchev–Trinajstić information content (AvgIpc) is 3.20. The van der Waals surface area contributed by atoms with Crippen LogP contribution in [0.5, 0.6) is 0 Å². The van der Waals surface area contributed by atoms with Gasteiger partial charge in [-0.25, -0.2) is 4.98 Å². The number of para-hydroxylation sites is 2. The number of nitrogens with zero attached hydrogens (tertiary/aromatic N) is 2. The Labute approximate surface area is 143 Å². The average molecular weight is 329 g/mol. The summed E-state index contributed by atoms with van der Waals surface area (Å²) in [6.07, 6.45) is 3.76. The van der Waals surface area contributed by atoms with Gasteiger partial charge in [-0.1, -0.05) is 12.1 Å². The second kappa shape index (κ2) is 7.34. The lowest BCUT2D eigenvalue weighted by atomic mass is 10.1. The number of nitrogens with one attached hydrogen (secondary N) is 1. The Kier molecular flexibility index (Phi) is 5.19. The highest BCUT2D eigenvalue weighted by Gasteiger charge is 2.21. The first-order valence-electron chi connectivity index (χ1n) is 8.94. The Morgan fingerprint density at radius 2 is 2.17 bits per heavy atom. The van der Waals surface area contributed by atoms with E-state index in [1.54, 1.807) is 0 Å². The van der Waals surface area contributed by atoms with Crippen LogP contribution in [0.4, 0.5) is 0 Å². The fraction of sp³-hybridized carbons (Fsp3) is 0.579. The second-order valence-corrected chi connectivity index (χ2v) is 6.89. The zero-order valence-electron chi connectivity index (χ0n) is 14.8. The lowest BCUT2D eigenvalue weighted by Crippen LogP contribution is -2.29. The molecule has 2 heterocycles. The summed E-state index contributed by atoms with van der Waals surface area (Å²) in [5.74, 6) is 0.983. The molecule has 1 N–H and O–H groups in total. The van der Waals surface area contributed by atoms with Gasteiger partial charge < -0.3 is 14.6 Å². The maximum Gasteiger partial charge on any atom is 0.220 e. The van der Waals surface area contributed by atoms with Crippen molar-refractivity contribution in [2.45, 2.75) is 64.6 Å². The summed E-state index contributed by atoms with van der Waals surface area (Å²) in [7, 11) is 0. The van der Waals surface area contributed by atoms with Crippen LogP contribution in [0.3, 0.4) is 0 Å². The van der Waals surface area contributed by atoms with Crippen molar-refractivity contribution in [3.05, 3.63) is 30.1 Å². The van der Waals surface area contributed by atoms with Crippen molar-refractivity contribution in [3.63, 3.8) is 0 Å². The molecule has 1 aromatic carbocycles. The first kappa shape index (κ1) is 17.0. The van der Waals surface area contributed by atoms with Gasteiger partial charge in [-0.05, 0) is 52.2 Å². The van der Waals surface area contributed by atoms with E-state index in [-0.39, 0.29) is 18.1 Å². The molecule has 1 aliphatic rings. The van der Waals surface area contributed by atoms with E-state index in [0.717, 1.165) is 42.7 Å². The third-order valence-corrected chi connectivity index (χ3v) is 4.62. The minimum absolute atomic E-state index is 0.0698. The second-order valence-electron chi connectivity index (χ2n) is 6.89. The molecule has 3 rings (SSSR count). The van der Waals surface area contributed by atoms with Crippen molar-refractivity contribution < 1.29 is 9.53 Å². The van der Waals surface area contributed by atoms with Crippen LogP contribution < -0.4 is 5.32 Å². The van der Waals surface area contributed by atoms with Crippen LogP contribution in [0.1, 0.15) is 64.4 Å².